The minimum Gasteiger partial charge on any atom is -0.383 e. The van der Waals surface area contributed by atoms with Crippen molar-refractivity contribution in [1.29, 1.82) is 0 Å². The predicted octanol–water partition coefficient (Wildman–Crippen LogP) is 1.12. The second-order valence-corrected chi connectivity index (χ2v) is 3.76. The quantitative estimate of drug-likeness (QED) is 0.819. The monoisotopic (exact) mass is 276 g/mol. The Morgan fingerprint density at radius 1 is 1.80 bits per heavy atom. The molecule has 0 aromatic carbocycles. The number of rotatable bonds is 5. The van der Waals surface area contributed by atoms with Gasteiger partial charge in [0.2, 0.25) is 5.76 Å². The SMILES string of the molecule is COCC(CBr)NC(=O)c1cc(C)no1. The average Bonchev–Trinajstić information content (AvgIpc) is 2.64. The molecule has 1 unspecified atom stereocenters. The van der Waals surface area contributed by atoms with Crippen molar-refractivity contribution in [3.8, 4) is 0 Å². The summed E-state index contributed by atoms with van der Waals surface area (Å²) >= 11 is 3.28. The van der Waals surface area contributed by atoms with Gasteiger partial charge in [-0.3, -0.25) is 4.79 Å². The molecular formula is C9H13BrN2O3. The van der Waals surface area contributed by atoms with Gasteiger partial charge in [-0.25, -0.2) is 0 Å². The standard InChI is InChI=1S/C9H13BrN2O3/c1-6-3-8(15-12-6)9(13)11-7(4-10)5-14-2/h3,7H,4-5H2,1-2H3,(H,11,13). The Hall–Kier alpha value is -0.880. The van der Waals surface area contributed by atoms with Crippen molar-refractivity contribution in [3.63, 3.8) is 0 Å². The first-order valence-corrected chi connectivity index (χ1v) is 5.58. The normalized spacial score (nSPS) is 12.5. The van der Waals surface area contributed by atoms with Gasteiger partial charge in [0.25, 0.3) is 5.91 Å². The molecule has 0 spiro atoms. The Morgan fingerprint density at radius 2 is 2.53 bits per heavy atom. The summed E-state index contributed by atoms with van der Waals surface area (Å²) in [4.78, 5) is 11.6. The van der Waals surface area contributed by atoms with E-state index < -0.39 is 0 Å². The Labute approximate surface area is 96.3 Å². The molecule has 0 bridgehead atoms. The lowest BCUT2D eigenvalue weighted by Gasteiger charge is -2.13. The van der Waals surface area contributed by atoms with E-state index in [1.54, 1.807) is 20.1 Å². The fourth-order valence-corrected chi connectivity index (χ4v) is 1.40. The van der Waals surface area contributed by atoms with Crippen LogP contribution in [0.5, 0.6) is 0 Å². The van der Waals surface area contributed by atoms with Crippen molar-refractivity contribution >= 4 is 21.8 Å². The van der Waals surface area contributed by atoms with E-state index in [-0.39, 0.29) is 17.7 Å². The van der Waals surface area contributed by atoms with Crippen LogP contribution >= 0.6 is 15.9 Å². The number of nitrogens with one attached hydrogen (secondary N) is 1. The molecule has 84 valence electrons. The zero-order chi connectivity index (χ0) is 11.3. The van der Waals surface area contributed by atoms with E-state index in [9.17, 15) is 4.79 Å². The summed E-state index contributed by atoms with van der Waals surface area (Å²) in [6.45, 7) is 2.21. The first kappa shape index (κ1) is 12.2. The van der Waals surface area contributed by atoms with Crippen LogP contribution in [0.15, 0.2) is 10.6 Å². The fourth-order valence-electron chi connectivity index (χ4n) is 1.05. The van der Waals surface area contributed by atoms with Crippen LogP contribution in [0.1, 0.15) is 16.2 Å². The maximum absolute atomic E-state index is 11.6. The topological polar surface area (TPSA) is 64.4 Å². The highest BCUT2D eigenvalue weighted by Crippen LogP contribution is 2.03. The van der Waals surface area contributed by atoms with Gasteiger partial charge in [-0.2, -0.15) is 0 Å². The molecular weight excluding hydrogens is 264 g/mol. The Morgan fingerprint density at radius 3 is 3.00 bits per heavy atom. The molecule has 0 aliphatic rings. The average molecular weight is 277 g/mol. The van der Waals surface area contributed by atoms with Crippen molar-refractivity contribution in [2.75, 3.05) is 19.0 Å². The molecule has 0 aliphatic heterocycles. The Balaban J connectivity index is 2.54. The number of ether oxygens (including phenoxy) is 1. The number of carbonyl (C=O) groups excluding carboxylic acids is 1. The highest BCUT2D eigenvalue weighted by Gasteiger charge is 2.15. The fraction of sp³-hybridized carbons (Fsp3) is 0.556. The van der Waals surface area contributed by atoms with Crippen molar-refractivity contribution in [2.45, 2.75) is 13.0 Å². The van der Waals surface area contributed by atoms with E-state index in [2.05, 4.69) is 26.4 Å². The second-order valence-electron chi connectivity index (χ2n) is 3.11. The molecule has 0 fully saturated rings. The van der Waals surface area contributed by atoms with E-state index in [1.807, 2.05) is 0 Å². The van der Waals surface area contributed by atoms with Gasteiger partial charge in [0.15, 0.2) is 0 Å². The third-order valence-corrected chi connectivity index (χ3v) is 2.52. The molecule has 15 heavy (non-hydrogen) atoms. The smallest absolute Gasteiger partial charge is 0.290 e. The summed E-state index contributed by atoms with van der Waals surface area (Å²) in [5.74, 6) is -0.0633. The molecule has 1 atom stereocenters. The summed E-state index contributed by atoms with van der Waals surface area (Å²) in [6.07, 6.45) is 0. The highest BCUT2D eigenvalue weighted by molar-refractivity contribution is 9.09. The first-order chi connectivity index (χ1) is 7.17. The molecule has 6 heteroatoms. The molecule has 1 amide bonds. The van der Waals surface area contributed by atoms with Crippen LogP contribution in [0, 0.1) is 6.92 Å². The number of hydrogen-bond donors (Lipinski definition) is 1. The second kappa shape index (κ2) is 5.87. The number of aryl methyl sites for hydroxylation is 1. The molecule has 0 aliphatic carbocycles. The van der Waals surface area contributed by atoms with Gasteiger partial charge in [-0.05, 0) is 6.92 Å². The number of aromatic nitrogens is 1. The van der Waals surface area contributed by atoms with Crippen LogP contribution in [0.2, 0.25) is 0 Å². The van der Waals surface area contributed by atoms with Crippen molar-refractivity contribution < 1.29 is 14.1 Å². The van der Waals surface area contributed by atoms with E-state index in [0.29, 0.717) is 17.6 Å². The number of hydrogen-bond acceptors (Lipinski definition) is 4. The van der Waals surface area contributed by atoms with Crippen LogP contribution in [0.4, 0.5) is 0 Å². The highest BCUT2D eigenvalue weighted by atomic mass is 79.9. The van der Waals surface area contributed by atoms with E-state index >= 15 is 0 Å². The van der Waals surface area contributed by atoms with Gasteiger partial charge in [-0.15, -0.1) is 0 Å². The van der Waals surface area contributed by atoms with Crippen LogP contribution < -0.4 is 5.32 Å². The van der Waals surface area contributed by atoms with Gasteiger partial charge < -0.3 is 14.6 Å². The lowest BCUT2D eigenvalue weighted by atomic mass is 10.3. The molecule has 0 radical (unpaired) electrons. The lowest BCUT2D eigenvalue weighted by Crippen LogP contribution is -2.39. The molecule has 1 N–H and O–H groups in total. The van der Waals surface area contributed by atoms with Crippen LogP contribution in [0.3, 0.4) is 0 Å². The van der Waals surface area contributed by atoms with Gasteiger partial charge >= 0.3 is 0 Å². The number of methoxy groups -OCH3 is 1. The van der Waals surface area contributed by atoms with Crippen LogP contribution in [0.25, 0.3) is 0 Å². The zero-order valence-electron chi connectivity index (χ0n) is 8.62. The lowest BCUT2D eigenvalue weighted by molar-refractivity contribution is 0.0871. The maximum atomic E-state index is 11.6. The molecule has 0 saturated carbocycles. The van der Waals surface area contributed by atoms with Gasteiger partial charge in [-0.1, -0.05) is 21.1 Å². The largest absolute Gasteiger partial charge is 0.383 e. The van der Waals surface area contributed by atoms with Crippen molar-refractivity contribution in [3.05, 3.63) is 17.5 Å². The molecule has 5 nitrogen and oxygen atoms in total. The number of alkyl halides is 1. The number of amides is 1. The summed E-state index contributed by atoms with van der Waals surface area (Å²) < 4.78 is 9.78. The minimum absolute atomic E-state index is 0.0760. The van der Waals surface area contributed by atoms with Crippen molar-refractivity contribution in [1.82, 2.24) is 10.5 Å². The number of halogens is 1. The van der Waals surface area contributed by atoms with E-state index in [1.165, 1.54) is 0 Å². The summed E-state index contributed by atoms with van der Waals surface area (Å²) in [5.41, 5.74) is 0.683. The molecule has 1 heterocycles. The third-order valence-electron chi connectivity index (χ3n) is 1.74. The first-order valence-electron chi connectivity index (χ1n) is 4.46. The van der Waals surface area contributed by atoms with Crippen molar-refractivity contribution in [2.24, 2.45) is 0 Å². The summed E-state index contributed by atoms with van der Waals surface area (Å²) in [5, 5.41) is 7.02. The number of carbonyl (C=O) groups is 1. The van der Waals surface area contributed by atoms with Gasteiger partial charge in [0.1, 0.15) is 0 Å². The van der Waals surface area contributed by atoms with E-state index in [4.69, 9.17) is 9.26 Å². The maximum Gasteiger partial charge on any atom is 0.290 e. The van der Waals surface area contributed by atoms with Gasteiger partial charge in [0.05, 0.1) is 18.3 Å². The molecule has 1 aromatic rings. The Kier molecular flexibility index (Phi) is 4.77. The zero-order valence-corrected chi connectivity index (χ0v) is 10.2. The van der Waals surface area contributed by atoms with Crippen LogP contribution in [-0.2, 0) is 4.74 Å². The predicted molar refractivity (Wildman–Crippen MR) is 58.2 cm³/mol. The molecule has 1 aromatic heterocycles. The molecule has 1 rings (SSSR count). The summed E-state index contributed by atoms with van der Waals surface area (Å²) in [6, 6.07) is 1.51. The summed E-state index contributed by atoms with van der Waals surface area (Å²) in [7, 11) is 1.58. The Bertz CT molecular complexity index is 327. The molecule has 0 saturated heterocycles. The van der Waals surface area contributed by atoms with Gasteiger partial charge in [0, 0.05) is 18.5 Å². The minimum atomic E-state index is -0.280. The third kappa shape index (κ3) is 3.64. The van der Waals surface area contributed by atoms with E-state index in [0.717, 1.165) is 0 Å². The number of nitrogens with zero attached hydrogens (tertiary/aromatic N) is 1. The van der Waals surface area contributed by atoms with Crippen LogP contribution in [-0.4, -0.2) is 36.2 Å².